The van der Waals surface area contributed by atoms with Gasteiger partial charge in [-0.2, -0.15) is 0 Å². The van der Waals surface area contributed by atoms with Crippen molar-refractivity contribution in [2.24, 2.45) is 0 Å². The third-order valence-corrected chi connectivity index (χ3v) is 10.5. The van der Waals surface area contributed by atoms with Crippen LogP contribution in [0.5, 0.6) is 0 Å². The molecule has 0 saturated heterocycles. The van der Waals surface area contributed by atoms with Gasteiger partial charge in [0.1, 0.15) is 0 Å². The lowest BCUT2D eigenvalue weighted by atomic mass is 9.99. The smallest absolute Gasteiger partial charge is 0.261 e. The molecule has 0 N–H and O–H groups in total. The maximum atomic E-state index is 12.8. The number of carbonyl (C=O) groups is 2. The minimum Gasteiger partial charge on any atom is -0.416 e. The fourth-order valence-electron chi connectivity index (χ4n) is 3.13. The number of hydrogen-bond acceptors (Lipinski definition) is 3. The minimum absolute atomic E-state index is 0.0578. The summed E-state index contributed by atoms with van der Waals surface area (Å²) in [6.07, 6.45) is 0. The first-order valence-corrected chi connectivity index (χ1v) is 12.7. The molecule has 3 rings (SSSR count). The van der Waals surface area contributed by atoms with Crippen LogP contribution in [0.15, 0.2) is 54.6 Å². The standard InChI is InChI=1S/C23H29NO3Si/c1-23(2,3)28(4,5)27-16-18(17-11-7-6-8-12-17)15-24-21(25)19-13-9-10-14-20(19)22(24)26/h6-14,18H,15-16H2,1-5H3. The van der Waals surface area contributed by atoms with Gasteiger partial charge in [-0.05, 0) is 35.8 Å². The first kappa shape index (κ1) is 20.5. The monoisotopic (exact) mass is 395 g/mol. The zero-order chi connectivity index (χ0) is 20.5. The van der Waals surface area contributed by atoms with Crippen LogP contribution in [0.3, 0.4) is 0 Å². The van der Waals surface area contributed by atoms with Crippen molar-refractivity contribution < 1.29 is 14.0 Å². The Morgan fingerprint density at radius 3 is 1.89 bits per heavy atom. The van der Waals surface area contributed by atoms with Crippen LogP contribution in [0.4, 0.5) is 0 Å². The number of nitrogens with zero attached hydrogens (tertiary/aromatic N) is 1. The van der Waals surface area contributed by atoms with Crippen LogP contribution < -0.4 is 0 Å². The number of imide groups is 1. The van der Waals surface area contributed by atoms with Crippen LogP contribution in [0, 0.1) is 0 Å². The van der Waals surface area contributed by atoms with Crippen molar-refractivity contribution in [3.05, 3.63) is 71.3 Å². The topological polar surface area (TPSA) is 46.6 Å². The van der Waals surface area contributed by atoms with Crippen LogP contribution in [0.1, 0.15) is 53.0 Å². The number of hydrogen-bond donors (Lipinski definition) is 0. The Kier molecular flexibility index (Phi) is 5.59. The molecule has 1 heterocycles. The molecule has 2 amide bonds. The van der Waals surface area contributed by atoms with E-state index in [1.165, 1.54) is 4.90 Å². The summed E-state index contributed by atoms with van der Waals surface area (Å²) in [5, 5.41) is 0.101. The van der Waals surface area contributed by atoms with Crippen molar-refractivity contribution in [3.63, 3.8) is 0 Å². The zero-order valence-corrected chi connectivity index (χ0v) is 18.4. The average Bonchev–Trinajstić information content (AvgIpc) is 2.89. The summed E-state index contributed by atoms with van der Waals surface area (Å²) in [6, 6.07) is 17.0. The van der Waals surface area contributed by atoms with E-state index in [1.807, 2.05) is 30.3 Å². The maximum absolute atomic E-state index is 12.8. The van der Waals surface area contributed by atoms with Gasteiger partial charge in [0.15, 0.2) is 8.32 Å². The Morgan fingerprint density at radius 1 is 0.893 bits per heavy atom. The van der Waals surface area contributed by atoms with E-state index in [0.717, 1.165) is 5.56 Å². The Morgan fingerprint density at radius 2 is 1.39 bits per heavy atom. The van der Waals surface area contributed by atoms with Crippen LogP contribution in [0.25, 0.3) is 0 Å². The van der Waals surface area contributed by atoms with E-state index in [2.05, 4.69) is 33.9 Å². The molecule has 2 aromatic rings. The number of fused-ring (bicyclic) bond motifs is 1. The molecular formula is C23H29NO3Si. The van der Waals surface area contributed by atoms with Crippen LogP contribution in [-0.2, 0) is 4.43 Å². The number of amides is 2. The molecule has 0 spiro atoms. The first-order chi connectivity index (χ1) is 13.1. The molecule has 4 nitrogen and oxygen atoms in total. The lowest BCUT2D eigenvalue weighted by Crippen LogP contribution is -2.43. The Labute approximate surface area is 168 Å². The van der Waals surface area contributed by atoms with Crippen molar-refractivity contribution in [2.75, 3.05) is 13.2 Å². The fraction of sp³-hybridized carbons (Fsp3) is 0.391. The summed E-state index contributed by atoms with van der Waals surface area (Å²) >= 11 is 0. The van der Waals surface area contributed by atoms with Gasteiger partial charge in [-0.1, -0.05) is 63.2 Å². The highest BCUT2D eigenvalue weighted by atomic mass is 28.4. The third-order valence-electron chi connectivity index (χ3n) is 6.00. The lowest BCUT2D eigenvalue weighted by Gasteiger charge is -2.37. The van der Waals surface area contributed by atoms with E-state index in [4.69, 9.17) is 4.43 Å². The van der Waals surface area contributed by atoms with Crippen LogP contribution in [0.2, 0.25) is 18.1 Å². The molecule has 5 heteroatoms. The van der Waals surface area contributed by atoms with Gasteiger partial charge in [0.2, 0.25) is 0 Å². The average molecular weight is 396 g/mol. The van der Waals surface area contributed by atoms with E-state index < -0.39 is 8.32 Å². The molecule has 1 aliphatic heterocycles. The minimum atomic E-state index is -1.94. The third kappa shape index (κ3) is 3.96. The number of carbonyl (C=O) groups excluding carboxylic acids is 2. The van der Waals surface area contributed by atoms with Crippen molar-refractivity contribution in [2.45, 2.75) is 44.8 Å². The highest BCUT2D eigenvalue weighted by Crippen LogP contribution is 2.37. The van der Waals surface area contributed by atoms with E-state index in [9.17, 15) is 9.59 Å². The highest BCUT2D eigenvalue weighted by molar-refractivity contribution is 6.74. The second-order valence-corrected chi connectivity index (χ2v) is 13.8. The van der Waals surface area contributed by atoms with E-state index in [-0.39, 0.29) is 22.8 Å². The van der Waals surface area contributed by atoms with Crippen LogP contribution in [-0.4, -0.2) is 38.2 Å². The van der Waals surface area contributed by atoms with Crippen molar-refractivity contribution in [1.29, 1.82) is 0 Å². The van der Waals surface area contributed by atoms with Crippen molar-refractivity contribution in [3.8, 4) is 0 Å². The van der Waals surface area contributed by atoms with Gasteiger partial charge in [0.25, 0.3) is 11.8 Å². The molecule has 0 fully saturated rings. The van der Waals surface area contributed by atoms with Crippen molar-refractivity contribution in [1.82, 2.24) is 4.90 Å². The van der Waals surface area contributed by atoms with Gasteiger partial charge in [0, 0.05) is 19.1 Å². The summed E-state index contributed by atoms with van der Waals surface area (Å²) in [6.45, 7) is 11.9. The van der Waals surface area contributed by atoms with Gasteiger partial charge in [-0.3, -0.25) is 14.5 Å². The molecule has 148 valence electrons. The predicted molar refractivity (Wildman–Crippen MR) is 114 cm³/mol. The van der Waals surface area contributed by atoms with Gasteiger partial charge in [-0.15, -0.1) is 0 Å². The van der Waals surface area contributed by atoms with Crippen molar-refractivity contribution >= 4 is 20.1 Å². The molecule has 1 atom stereocenters. The molecule has 2 aromatic carbocycles. The normalized spacial score (nSPS) is 15.7. The second-order valence-electron chi connectivity index (χ2n) is 8.95. The number of rotatable bonds is 6. The molecule has 0 saturated carbocycles. The largest absolute Gasteiger partial charge is 0.416 e. The van der Waals surface area contributed by atoms with Gasteiger partial charge >= 0.3 is 0 Å². The Balaban J connectivity index is 1.83. The highest BCUT2D eigenvalue weighted by Gasteiger charge is 2.40. The molecular weight excluding hydrogens is 366 g/mol. The number of benzene rings is 2. The fourth-order valence-corrected chi connectivity index (χ4v) is 4.18. The molecule has 0 bridgehead atoms. The molecule has 0 radical (unpaired) electrons. The van der Waals surface area contributed by atoms with E-state index >= 15 is 0 Å². The van der Waals surface area contributed by atoms with E-state index in [1.54, 1.807) is 24.3 Å². The summed E-state index contributed by atoms with van der Waals surface area (Å²) in [4.78, 5) is 27.0. The summed E-state index contributed by atoms with van der Waals surface area (Å²) in [5.74, 6) is -0.486. The molecule has 1 unspecified atom stereocenters. The Bertz CT molecular complexity index is 836. The van der Waals surface area contributed by atoms with Crippen LogP contribution >= 0.6 is 0 Å². The molecule has 1 aliphatic rings. The van der Waals surface area contributed by atoms with Gasteiger partial charge in [0.05, 0.1) is 11.1 Å². The first-order valence-electron chi connectivity index (χ1n) is 9.76. The molecule has 0 aliphatic carbocycles. The van der Waals surface area contributed by atoms with Gasteiger partial charge in [-0.25, -0.2) is 0 Å². The summed E-state index contributed by atoms with van der Waals surface area (Å²) in [7, 11) is -1.94. The second kappa shape index (κ2) is 7.64. The summed E-state index contributed by atoms with van der Waals surface area (Å²) < 4.78 is 6.46. The lowest BCUT2D eigenvalue weighted by molar-refractivity contribution is 0.0633. The quantitative estimate of drug-likeness (QED) is 0.506. The van der Waals surface area contributed by atoms with E-state index in [0.29, 0.717) is 24.3 Å². The molecule has 28 heavy (non-hydrogen) atoms. The molecule has 0 aromatic heterocycles. The summed E-state index contributed by atoms with van der Waals surface area (Å²) in [5.41, 5.74) is 2.06. The SMILES string of the molecule is CC(C)(C)[Si](C)(C)OCC(CN1C(=O)c2ccccc2C1=O)c1ccccc1. The van der Waals surface area contributed by atoms with Gasteiger partial charge < -0.3 is 4.43 Å². The maximum Gasteiger partial charge on any atom is 0.261 e. The Hall–Kier alpha value is -2.24. The predicted octanol–water partition coefficient (Wildman–Crippen LogP) is 5.09. The zero-order valence-electron chi connectivity index (χ0n) is 17.4.